The summed E-state index contributed by atoms with van der Waals surface area (Å²) in [7, 11) is 3.14. The minimum absolute atomic E-state index is 0.109. The van der Waals surface area contributed by atoms with Gasteiger partial charge in [0, 0.05) is 30.3 Å². The Labute approximate surface area is 179 Å². The van der Waals surface area contributed by atoms with E-state index < -0.39 is 0 Å². The van der Waals surface area contributed by atoms with Gasteiger partial charge in [0.2, 0.25) is 11.7 Å². The van der Waals surface area contributed by atoms with Gasteiger partial charge in [0.1, 0.15) is 5.82 Å². The van der Waals surface area contributed by atoms with Gasteiger partial charge in [0.15, 0.2) is 11.5 Å². The van der Waals surface area contributed by atoms with E-state index in [1.165, 1.54) is 12.1 Å². The average Bonchev–Trinajstić information content (AvgIpc) is 3.29. The quantitative estimate of drug-likeness (QED) is 0.642. The number of ether oxygens (including phenoxy) is 2. The van der Waals surface area contributed by atoms with E-state index in [1.54, 1.807) is 38.5 Å². The fraction of sp³-hybridized carbons (Fsp3) is 0.318. The van der Waals surface area contributed by atoms with Crippen LogP contribution in [0.1, 0.15) is 12.8 Å². The molecule has 1 aromatic heterocycles. The van der Waals surface area contributed by atoms with Gasteiger partial charge in [0.05, 0.1) is 14.2 Å². The van der Waals surface area contributed by atoms with E-state index in [9.17, 15) is 9.18 Å². The molecule has 9 heteroatoms. The van der Waals surface area contributed by atoms with Gasteiger partial charge in [0.25, 0.3) is 0 Å². The van der Waals surface area contributed by atoms with E-state index in [-0.39, 0.29) is 17.6 Å². The minimum Gasteiger partial charge on any atom is -0.493 e. The smallest absolute Gasteiger partial charge is 0.324 e. The zero-order chi connectivity index (χ0) is 21.8. The van der Waals surface area contributed by atoms with E-state index >= 15 is 0 Å². The summed E-state index contributed by atoms with van der Waals surface area (Å²) < 4.78 is 29.3. The number of nitrogens with zero attached hydrogens (tertiary/aromatic N) is 3. The van der Waals surface area contributed by atoms with E-state index in [2.05, 4.69) is 15.5 Å². The maximum atomic E-state index is 13.3. The van der Waals surface area contributed by atoms with Gasteiger partial charge < -0.3 is 24.2 Å². The SMILES string of the molecule is COc1ccc(-c2noc(N3CCC(C(=O)Nc4cccc(F)c4)CC3)n2)cc1OC. The zero-order valence-electron chi connectivity index (χ0n) is 17.3. The molecule has 0 saturated carbocycles. The third-order valence-electron chi connectivity index (χ3n) is 5.29. The molecule has 1 aliphatic heterocycles. The summed E-state index contributed by atoms with van der Waals surface area (Å²) >= 11 is 0. The van der Waals surface area contributed by atoms with Crippen LogP contribution in [0.3, 0.4) is 0 Å². The number of piperidine rings is 1. The van der Waals surface area contributed by atoms with Gasteiger partial charge in [-0.05, 0) is 49.2 Å². The highest BCUT2D eigenvalue weighted by molar-refractivity contribution is 5.92. The van der Waals surface area contributed by atoms with Crippen molar-refractivity contribution >= 4 is 17.6 Å². The second kappa shape index (κ2) is 9.03. The molecule has 0 spiro atoms. The van der Waals surface area contributed by atoms with Gasteiger partial charge in [-0.15, -0.1) is 0 Å². The molecule has 3 aromatic rings. The van der Waals surface area contributed by atoms with Crippen molar-refractivity contribution in [3.63, 3.8) is 0 Å². The predicted octanol–water partition coefficient (Wildman–Crippen LogP) is 3.75. The van der Waals surface area contributed by atoms with E-state index in [1.807, 2.05) is 11.0 Å². The van der Waals surface area contributed by atoms with Crippen LogP contribution in [0.15, 0.2) is 47.0 Å². The number of rotatable bonds is 6. The van der Waals surface area contributed by atoms with Crippen molar-refractivity contribution in [2.24, 2.45) is 5.92 Å². The Morgan fingerprint density at radius 3 is 2.61 bits per heavy atom. The first-order valence-electron chi connectivity index (χ1n) is 9.95. The Hall–Kier alpha value is -3.62. The molecule has 31 heavy (non-hydrogen) atoms. The molecule has 1 amide bonds. The lowest BCUT2D eigenvalue weighted by Crippen LogP contribution is -2.38. The third kappa shape index (κ3) is 4.60. The summed E-state index contributed by atoms with van der Waals surface area (Å²) in [5.41, 5.74) is 1.21. The first-order chi connectivity index (χ1) is 15.1. The Balaban J connectivity index is 1.37. The molecule has 0 unspecified atom stereocenters. The summed E-state index contributed by atoms with van der Waals surface area (Å²) in [6.07, 6.45) is 1.27. The van der Waals surface area contributed by atoms with Gasteiger partial charge >= 0.3 is 6.01 Å². The van der Waals surface area contributed by atoms with Crippen LogP contribution in [0.5, 0.6) is 11.5 Å². The lowest BCUT2D eigenvalue weighted by atomic mass is 9.96. The largest absolute Gasteiger partial charge is 0.493 e. The molecule has 2 heterocycles. The molecule has 1 aliphatic rings. The highest BCUT2D eigenvalue weighted by atomic mass is 19.1. The summed E-state index contributed by atoms with van der Waals surface area (Å²) in [4.78, 5) is 19.0. The van der Waals surface area contributed by atoms with Crippen molar-refractivity contribution in [3.8, 4) is 22.9 Å². The first kappa shape index (κ1) is 20.6. The molecule has 0 aliphatic carbocycles. The van der Waals surface area contributed by atoms with Crippen molar-refractivity contribution in [1.29, 1.82) is 0 Å². The number of carbonyl (C=O) groups excluding carboxylic acids is 1. The second-order valence-electron chi connectivity index (χ2n) is 7.23. The van der Waals surface area contributed by atoms with Crippen molar-refractivity contribution < 1.29 is 23.2 Å². The Bertz CT molecular complexity index is 1060. The van der Waals surface area contributed by atoms with E-state index in [0.717, 1.165) is 5.56 Å². The molecule has 2 aromatic carbocycles. The maximum Gasteiger partial charge on any atom is 0.324 e. The summed E-state index contributed by atoms with van der Waals surface area (Å²) in [6, 6.07) is 11.7. The Morgan fingerprint density at radius 2 is 1.90 bits per heavy atom. The third-order valence-corrected chi connectivity index (χ3v) is 5.29. The number of halogens is 1. The van der Waals surface area contributed by atoms with Crippen LogP contribution < -0.4 is 19.7 Å². The predicted molar refractivity (Wildman–Crippen MR) is 113 cm³/mol. The number of methoxy groups -OCH3 is 2. The average molecular weight is 426 g/mol. The van der Waals surface area contributed by atoms with E-state index in [4.69, 9.17) is 14.0 Å². The number of hydrogen-bond donors (Lipinski definition) is 1. The fourth-order valence-corrected chi connectivity index (χ4v) is 3.58. The standard InChI is InChI=1S/C22H23FN4O4/c1-29-18-7-6-15(12-19(18)30-2)20-25-22(31-26-20)27-10-8-14(9-11-27)21(28)24-17-5-3-4-16(23)13-17/h3-7,12-14H,8-11H2,1-2H3,(H,24,28). The van der Waals surface area contributed by atoms with E-state index in [0.29, 0.717) is 55.0 Å². The fourth-order valence-electron chi connectivity index (χ4n) is 3.58. The molecule has 1 N–H and O–H groups in total. The monoisotopic (exact) mass is 426 g/mol. The van der Waals surface area contributed by atoms with Gasteiger partial charge in [-0.2, -0.15) is 4.98 Å². The van der Waals surface area contributed by atoms with Gasteiger partial charge in [-0.1, -0.05) is 11.2 Å². The van der Waals surface area contributed by atoms with Crippen LogP contribution in [-0.2, 0) is 4.79 Å². The van der Waals surface area contributed by atoms with Crippen molar-refractivity contribution in [2.75, 3.05) is 37.5 Å². The van der Waals surface area contributed by atoms with Crippen LogP contribution in [-0.4, -0.2) is 43.4 Å². The zero-order valence-corrected chi connectivity index (χ0v) is 17.3. The second-order valence-corrected chi connectivity index (χ2v) is 7.23. The normalized spacial score (nSPS) is 14.4. The van der Waals surface area contributed by atoms with Gasteiger partial charge in [-0.3, -0.25) is 4.79 Å². The molecule has 1 saturated heterocycles. The maximum absolute atomic E-state index is 13.3. The van der Waals surface area contributed by atoms with Crippen LogP contribution in [0.25, 0.3) is 11.4 Å². The Kier molecular flexibility index (Phi) is 6.01. The number of benzene rings is 2. The molecule has 8 nitrogen and oxygen atoms in total. The summed E-state index contributed by atoms with van der Waals surface area (Å²) in [5.74, 6) is 0.996. The van der Waals surface area contributed by atoms with Crippen molar-refractivity contribution in [2.45, 2.75) is 12.8 Å². The van der Waals surface area contributed by atoms with Crippen molar-refractivity contribution in [3.05, 3.63) is 48.3 Å². The molecule has 1 fully saturated rings. The number of nitrogens with one attached hydrogen (secondary N) is 1. The Morgan fingerprint density at radius 1 is 1.13 bits per heavy atom. The molecular weight excluding hydrogens is 403 g/mol. The molecule has 0 bridgehead atoms. The van der Waals surface area contributed by atoms with Crippen LogP contribution >= 0.6 is 0 Å². The minimum atomic E-state index is -0.380. The number of hydrogen-bond acceptors (Lipinski definition) is 7. The molecule has 162 valence electrons. The van der Waals surface area contributed by atoms with Gasteiger partial charge in [-0.25, -0.2) is 4.39 Å². The lowest BCUT2D eigenvalue weighted by molar-refractivity contribution is -0.120. The molecule has 0 radical (unpaired) electrons. The lowest BCUT2D eigenvalue weighted by Gasteiger charge is -2.29. The number of amides is 1. The topological polar surface area (TPSA) is 89.7 Å². The molecule has 0 atom stereocenters. The van der Waals surface area contributed by atoms with Crippen LogP contribution in [0.4, 0.5) is 16.1 Å². The molecule has 4 rings (SSSR count). The van der Waals surface area contributed by atoms with Crippen LogP contribution in [0.2, 0.25) is 0 Å². The summed E-state index contributed by atoms with van der Waals surface area (Å²) in [5, 5.41) is 6.85. The highest BCUT2D eigenvalue weighted by Crippen LogP contribution is 2.32. The number of aromatic nitrogens is 2. The highest BCUT2D eigenvalue weighted by Gasteiger charge is 2.28. The van der Waals surface area contributed by atoms with Crippen LogP contribution in [0, 0.1) is 11.7 Å². The van der Waals surface area contributed by atoms with Crippen molar-refractivity contribution in [1.82, 2.24) is 10.1 Å². The number of carbonyl (C=O) groups is 1. The summed E-state index contributed by atoms with van der Waals surface area (Å²) in [6.45, 7) is 1.21. The number of anilines is 2. The first-order valence-corrected chi connectivity index (χ1v) is 9.95. The molecular formula is C22H23FN4O4.